The van der Waals surface area contributed by atoms with Crippen LogP contribution < -0.4 is 10.0 Å². The summed E-state index contributed by atoms with van der Waals surface area (Å²) >= 11 is 11.7. The molecular weight excluding hydrogens is 363 g/mol. The molecular formula is C14H18Cl2N2O4S. The summed E-state index contributed by atoms with van der Waals surface area (Å²) in [6.45, 7) is 2.51. The Morgan fingerprint density at radius 2 is 2.17 bits per heavy atom. The summed E-state index contributed by atoms with van der Waals surface area (Å²) in [4.78, 5) is 11.8. The molecule has 23 heavy (non-hydrogen) atoms. The summed E-state index contributed by atoms with van der Waals surface area (Å²) in [5.74, 6) is -0.428. The molecule has 0 aliphatic carbocycles. The van der Waals surface area contributed by atoms with Gasteiger partial charge in [0.05, 0.1) is 17.2 Å². The normalized spacial score (nSPS) is 19.5. The van der Waals surface area contributed by atoms with E-state index < -0.39 is 22.0 Å². The molecule has 0 spiro atoms. The van der Waals surface area contributed by atoms with Gasteiger partial charge in [-0.2, -0.15) is 4.72 Å². The van der Waals surface area contributed by atoms with Gasteiger partial charge in [-0.1, -0.05) is 23.2 Å². The number of sulfonamides is 1. The summed E-state index contributed by atoms with van der Waals surface area (Å²) in [5, 5.41) is 2.95. The van der Waals surface area contributed by atoms with Crippen LogP contribution in [0.2, 0.25) is 10.0 Å². The van der Waals surface area contributed by atoms with Crippen molar-refractivity contribution in [3.05, 3.63) is 28.2 Å². The minimum Gasteiger partial charge on any atom is -0.376 e. The molecule has 2 rings (SSSR count). The molecule has 1 aliphatic rings. The lowest BCUT2D eigenvalue weighted by atomic mass is 10.2. The second-order valence-electron chi connectivity index (χ2n) is 5.30. The molecule has 0 radical (unpaired) electrons. The lowest BCUT2D eigenvalue weighted by Crippen LogP contribution is -2.46. The van der Waals surface area contributed by atoms with Gasteiger partial charge in [-0.15, -0.1) is 0 Å². The standard InChI is InChI=1S/C14H18Cl2N2O4S/c1-9(14(19)17-8-11-3-2-6-22-11)18-23(20,21)13-7-10(15)4-5-12(13)16/h4-5,7,9,11,18H,2-3,6,8H2,1H3,(H,17,19)/t9-,11-/m1/s1. The maximum Gasteiger partial charge on any atom is 0.242 e. The summed E-state index contributed by atoms with van der Waals surface area (Å²) in [6.07, 6.45) is 1.85. The molecule has 128 valence electrons. The van der Waals surface area contributed by atoms with Gasteiger partial charge in [-0.05, 0) is 38.0 Å². The van der Waals surface area contributed by atoms with Gasteiger partial charge in [0.25, 0.3) is 0 Å². The first-order valence-corrected chi connectivity index (χ1v) is 9.40. The van der Waals surface area contributed by atoms with E-state index in [2.05, 4.69) is 10.0 Å². The molecule has 6 nitrogen and oxygen atoms in total. The topological polar surface area (TPSA) is 84.5 Å². The van der Waals surface area contributed by atoms with Crippen molar-refractivity contribution in [2.24, 2.45) is 0 Å². The number of carbonyl (C=O) groups is 1. The number of ether oxygens (including phenoxy) is 1. The fourth-order valence-corrected chi connectivity index (χ4v) is 4.17. The monoisotopic (exact) mass is 380 g/mol. The number of nitrogens with one attached hydrogen (secondary N) is 2. The predicted molar refractivity (Wildman–Crippen MR) is 88.2 cm³/mol. The third-order valence-electron chi connectivity index (χ3n) is 3.44. The van der Waals surface area contributed by atoms with E-state index in [0.717, 1.165) is 12.8 Å². The van der Waals surface area contributed by atoms with Gasteiger partial charge in [0.1, 0.15) is 4.90 Å². The molecule has 9 heteroatoms. The lowest BCUT2D eigenvalue weighted by Gasteiger charge is -2.17. The number of halogens is 2. The van der Waals surface area contributed by atoms with Crippen molar-refractivity contribution in [2.45, 2.75) is 36.8 Å². The van der Waals surface area contributed by atoms with Crippen LogP contribution in [0.3, 0.4) is 0 Å². The number of amides is 1. The maximum atomic E-state index is 12.3. The van der Waals surface area contributed by atoms with Gasteiger partial charge >= 0.3 is 0 Å². The van der Waals surface area contributed by atoms with Crippen LogP contribution in [0, 0.1) is 0 Å². The minimum atomic E-state index is -3.95. The molecule has 1 aromatic rings. The van der Waals surface area contributed by atoms with Gasteiger partial charge in [-0.3, -0.25) is 4.79 Å². The average Bonchev–Trinajstić information content (AvgIpc) is 3.00. The highest BCUT2D eigenvalue weighted by Gasteiger charge is 2.25. The summed E-state index contributed by atoms with van der Waals surface area (Å²) < 4.78 is 32.3. The van der Waals surface area contributed by atoms with E-state index in [4.69, 9.17) is 27.9 Å². The van der Waals surface area contributed by atoms with Crippen LogP contribution in [0.5, 0.6) is 0 Å². The molecule has 1 amide bonds. The Morgan fingerprint density at radius 3 is 2.83 bits per heavy atom. The summed E-state index contributed by atoms with van der Waals surface area (Å²) in [6, 6.07) is 3.17. The van der Waals surface area contributed by atoms with Gasteiger partial charge in [0.2, 0.25) is 15.9 Å². The number of hydrogen-bond acceptors (Lipinski definition) is 4. The number of carbonyl (C=O) groups excluding carboxylic acids is 1. The fraction of sp³-hybridized carbons (Fsp3) is 0.500. The zero-order valence-corrected chi connectivity index (χ0v) is 14.8. The second kappa shape index (κ2) is 7.81. The molecule has 1 aromatic carbocycles. The van der Waals surface area contributed by atoms with Crippen LogP contribution in [-0.2, 0) is 19.6 Å². The quantitative estimate of drug-likeness (QED) is 0.789. The van der Waals surface area contributed by atoms with Gasteiger partial charge in [0.15, 0.2) is 0 Å². The van der Waals surface area contributed by atoms with Gasteiger partial charge < -0.3 is 10.1 Å². The SMILES string of the molecule is C[C@@H](NS(=O)(=O)c1cc(Cl)ccc1Cl)C(=O)NC[C@H]1CCCO1. The zero-order valence-electron chi connectivity index (χ0n) is 12.5. The second-order valence-corrected chi connectivity index (χ2v) is 7.82. The first-order chi connectivity index (χ1) is 10.8. The van der Waals surface area contributed by atoms with Crippen LogP contribution >= 0.6 is 23.2 Å². The average molecular weight is 381 g/mol. The van der Waals surface area contributed by atoms with Crippen LogP contribution in [0.4, 0.5) is 0 Å². The molecule has 0 bridgehead atoms. The Hall–Kier alpha value is -0.860. The smallest absolute Gasteiger partial charge is 0.242 e. The third-order valence-corrected chi connectivity index (χ3v) is 5.69. The molecule has 1 saturated heterocycles. The molecule has 1 heterocycles. The summed E-state index contributed by atoms with van der Waals surface area (Å²) in [5.41, 5.74) is 0. The van der Waals surface area contributed by atoms with Crippen LogP contribution in [-0.4, -0.2) is 39.6 Å². The Balaban J connectivity index is 1.98. The van der Waals surface area contributed by atoms with Crippen molar-refractivity contribution in [3.8, 4) is 0 Å². The van der Waals surface area contributed by atoms with E-state index in [1.165, 1.54) is 25.1 Å². The number of benzene rings is 1. The van der Waals surface area contributed by atoms with Crippen LogP contribution in [0.25, 0.3) is 0 Å². The van der Waals surface area contributed by atoms with Crippen molar-refractivity contribution in [3.63, 3.8) is 0 Å². The minimum absolute atomic E-state index is 0.00914. The van der Waals surface area contributed by atoms with Crippen molar-refractivity contribution in [1.29, 1.82) is 0 Å². The highest BCUT2D eigenvalue weighted by atomic mass is 35.5. The Kier molecular flexibility index (Phi) is 6.27. The Morgan fingerprint density at radius 1 is 1.43 bits per heavy atom. The van der Waals surface area contributed by atoms with Crippen LogP contribution in [0.1, 0.15) is 19.8 Å². The van der Waals surface area contributed by atoms with E-state index in [1.54, 1.807) is 0 Å². The predicted octanol–water partition coefficient (Wildman–Crippen LogP) is 1.96. The first kappa shape index (κ1) is 18.5. The molecule has 0 aromatic heterocycles. The van der Waals surface area contributed by atoms with E-state index in [9.17, 15) is 13.2 Å². The molecule has 1 aliphatic heterocycles. The van der Waals surface area contributed by atoms with E-state index in [0.29, 0.717) is 13.2 Å². The fourth-order valence-electron chi connectivity index (χ4n) is 2.21. The molecule has 2 atom stereocenters. The highest BCUT2D eigenvalue weighted by molar-refractivity contribution is 7.89. The number of rotatable bonds is 6. The van der Waals surface area contributed by atoms with E-state index in [1.807, 2.05) is 0 Å². The summed E-state index contributed by atoms with van der Waals surface area (Å²) in [7, 11) is -3.95. The molecule has 2 N–H and O–H groups in total. The molecule has 0 unspecified atom stereocenters. The van der Waals surface area contributed by atoms with E-state index >= 15 is 0 Å². The zero-order chi connectivity index (χ0) is 17.0. The van der Waals surface area contributed by atoms with Crippen molar-refractivity contribution in [1.82, 2.24) is 10.0 Å². The lowest BCUT2D eigenvalue weighted by molar-refractivity contribution is -0.122. The maximum absolute atomic E-state index is 12.3. The Labute approximate surface area is 145 Å². The van der Waals surface area contributed by atoms with Crippen molar-refractivity contribution in [2.75, 3.05) is 13.2 Å². The Bertz CT molecular complexity index is 675. The molecule has 0 saturated carbocycles. The molecule has 1 fully saturated rings. The largest absolute Gasteiger partial charge is 0.376 e. The van der Waals surface area contributed by atoms with Gasteiger partial charge in [0, 0.05) is 18.2 Å². The third kappa shape index (κ3) is 5.06. The van der Waals surface area contributed by atoms with Crippen LogP contribution in [0.15, 0.2) is 23.1 Å². The number of hydrogen-bond donors (Lipinski definition) is 2. The van der Waals surface area contributed by atoms with Crippen molar-refractivity contribution >= 4 is 39.1 Å². The van der Waals surface area contributed by atoms with Crippen molar-refractivity contribution < 1.29 is 17.9 Å². The van der Waals surface area contributed by atoms with Gasteiger partial charge in [-0.25, -0.2) is 8.42 Å². The van der Waals surface area contributed by atoms with E-state index in [-0.39, 0.29) is 21.0 Å². The highest BCUT2D eigenvalue weighted by Crippen LogP contribution is 2.25. The first-order valence-electron chi connectivity index (χ1n) is 7.16.